The Bertz CT molecular complexity index is 1600. The minimum Gasteiger partial charge on any atom is -0.506 e. The maximum absolute atomic E-state index is 12.8. The summed E-state index contributed by atoms with van der Waals surface area (Å²) in [7, 11) is 0. The number of amides is 1. The maximum Gasteiger partial charge on any atom is 0.315 e. The summed E-state index contributed by atoms with van der Waals surface area (Å²) in [6, 6.07) is 14.1. The number of esters is 1. The van der Waals surface area contributed by atoms with Gasteiger partial charge in [0.25, 0.3) is 11.1 Å². The van der Waals surface area contributed by atoms with Gasteiger partial charge in [0.05, 0.1) is 18.6 Å². The average molecular weight is 608 g/mol. The van der Waals surface area contributed by atoms with E-state index < -0.39 is 17.8 Å². The van der Waals surface area contributed by atoms with Gasteiger partial charge in [-0.2, -0.15) is 0 Å². The number of hydrogen-bond donors (Lipinski definition) is 3. The number of thioether (sulfide) groups is 1. The molecule has 1 amide bonds. The molecule has 3 N–H and O–H groups in total. The highest BCUT2D eigenvalue weighted by atomic mass is 32.2. The molecular weight excluding hydrogens is 574 g/mol. The molecule has 43 heavy (non-hydrogen) atoms. The van der Waals surface area contributed by atoms with Gasteiger partial charge in [-0.05, 0) is 36.6 Å². The number of benzene rings is 3. The number of fused-ring (bicyclic) bond motifs is 1. The first kappa shape index (κ1) is 31.4. The number of aromatic nitrogens is 2. The van der Waals surface area contributed by atoms with E-state index in [0.717, 1.165) is 30.4 Å². The molecule has 4 rings (SSSR count). The molecular formula is C31H33N3O8S. The van der Waals surface area contributed by atoms with Crippen molar-refractivity contribution in [3.05, 3.63) is 71.1 Å². The van der Waals surface area contributed by atoms with Crippen molar-refractivity contribution >= 4 is 40.4 Å². The van der Waals surface area contributed by atoms with Crippen LogP contribution < -0.4 is 10.1 Å². The zero-order valence-corrected chi connectivity index (χ0v) is 24.7. The molecule has 1 aromatic heterocycles. The van der Waals surface area contributed by atoms with Crippen LogP contribution in [-0.2, 0) is 26.5 Å². The monoisotopic (exact) mass is 607 g/mol. The number of phenolic OH excluding ortho intramolecular Hbond substituents is 1. The van der Waals surface area contributed by atoms with Gasteiger partial charge < -0.3 is 29.4 Å². The molecule has 226 valence electrons. The predicted molar refractivity (Wildman–Crippen MR) is 159 cm³/mol. The quantitative estimate of drug-likeness (QED) is 0.0850. The Labute approximate surface area is 252 Å². The van der Waals surface area contributed by atoms with Gasteiger partial charge in [-0.25, -0.2) is 0 Å². The first-order valence-electron chi connectivity index (χ1n) is 13.9. The van der Waals surface area contributed by atoms with Crippen molar-refractivity contribution in [1.82, 2.24) is 15.5 Å². The number of unbranched alkanes of at least 4 members (excludes halogenated alkanes) is 2. The van der Waals surface area contributed by atoms with Crippen LogP contribution in [-0.4, -0.2) is 51.4 Å². The fraction of sp³-hybridized carbons (Fsp3) is 0.323. The number of phenols is 1. The van der Waals surface area contributed by atoms with Crippen molar-refractivity contribution < 1.29 is 38.5 Å². The normalized spacial score (nSPS) is 10.9. The number of aliphatic carboxylic acids is 1. The Morgan fingerprint density at radius 2 is 1.81 bits per heavy atom. The number of aryl methyl sites for hydroxylation is 1. The molecule has 0 unspecified atom stereocenters. The zero-order chi connectivity index (χ0) is 30.8. The predicted octanol–water partition coefficient (Wildman–Crippen LogP) is 5.80. The van der Waals surface area contributed by atoms with E-state index in [1.54, 1.807) is 24.3 Å². The molecule has 0 saturated carbocycles. The first-order chi connectivity index (χ1) is 20.7. The van der Waals surface area contributed by atoms with Crippen molar-refractivity contribution in [1.29, 1.82) is 0 Å². The highest BCUT2D eigenvalue weighted by molar-refractivity contribution is 7.98. The van der Waals surface area contributed by atoms with Gasteiger partial charge in [-0.1, -0.05) is 67.9 Å². The van der Waals surface area contributed by atoms with Crippen LogP contribution in [0.4, 0.5) is 0 Å². The number of carbonyl (C=O) groups excluding carboxylic acids is 2. The summed E-state index contributed by atoms with van der Waals surface area (Å²) in [5.74, 6) is -0.592. The molecule has 11 nitrogen and oxygen atoms in total. The Morgan fingerprint density at radius 3 is 2.56 bits per heavy atom. The van der Waals surface area contributed by atoms with E-state index in [4.69, 9.17) is 19.0 Å². The molecule has 0 bridgehead atoms. The van der Waals surface area contributed by atoms with Gasteiger partial charge >= 0.3 is 11.9 Å². The molecule has 0 fully saturated rings. The first-order valence-corrected chi connectivity index (χ1v) is 14.9. The molecule has 0 aliphatic carbocycles. The third-order valence-corrected chi connectivity index (χ3v) is 7.31. The van der Waals surface area contributed by atoms with E-state index in [1.807, 2.05) is 25.1 Å². The van der Waals surface area contributed by atoms with Gasteiger partial charge in [0.2, 0.25) is 5.89 Å². The fourth-order valence-electron chi connectivity index (χ4n) is 4.22. The molecule has 0 radical (unpaired) electrons. The van der Waals surface area contributed by atoms with Crippen LogP contribution in [0.3, 0.4) is 0 Å². The molecule has 12 heteroatoms. The van der Waals surface area contributed by atoms with Crippen molar-refractivity contribution in [2.45, 2.75) is 56.9 Å². The molecule has 1 heterocycles. The second kappa shape index (κ2) is 15.1. The second-order valence-electron chi connectivity index (χ2n) is 9.77. The van der Waals surface area contributed by atoms with E-state index in [0.29, 0.717) is 39.9 Å². The molecule has 4 aromatic rings. The SMILES string of the molecule is CCCCCOC(=O)Cc1nnc(SCc2ccc(Oc3cc(C(=O)NCCC(=O)O)c(O)c4ccccc34)c(C)c2)o1. The van der Waals surface area contributed by atoms with Crippen LogP contribution in [0.1, 0.15) is 60.0 Å². The number of nitrogens with zero attached hydrogens (tertiary/aromatic N) is 2. The van der Waals surface area contributed by atoms with E-state index >= 15 is 0 Å². The zero-order valence-electron chi connectivity index (χ0n) is 23.9. The number of aromatic hydroxyl groups is 1. The van der Waals surface area contributed by atoms with Crippen LogP contribution in [0.2, 0.25) is 0 Å². The Morgan fingerprint density at radius 1 is 1.02 bits per heavy atom. The van der Waals surface area contributed by atoms with Crippen molar-refractivity contribution in [2.24, 2.45) is 0 Å². The third kappa shape index (κ3) is 8.71. The second-order valence-corrected chi connectivity index (χ2v) is 10.7. The molecule has 0 aliphatic heterocycles. The van der Waals surface area contributed by atoms with E-state index in [-0.39, 0.29) is 36.6 Å². The molecule has 0 aliphatic rings. The van der Waals surface area contributed by atoms with Gasteiger partial charge in [0.15, 0.2) is 0 Å². The fourth-order valence-corrected chi connectivity index (χ4v) is 4.95. The van der Waals surface area contributed by atoms with Crippen LogP contribution in [0.5, 0.6) is 17.2 Å². The minimum absolute atomic E-state index is 0.0200. The summed E-state index contributed by atoms with van der Waals surface area (Å²) in [5, 5.41) is 31.5. The molecule has 0 saturated heterocycles. The van der Waals surface area contributed by atoms with Crippen molar-refractivity contribution in [2.75, 3.05) is 13.2 Å². The number of hydrogen-bond acceptors (Lipinski definition) is 10. The van der Waals surface area contributed by atoms with Crippen LogP contribution >= 0.6 is 11.8 Å². The number of carbonyl (C=O) groups is 3. The molecule has 0 atom stereocenters. The lowest BCUT2D eigenvalue weighted by atomic mass is 10.0. The standard InChI is InChI=1S/C31H33N3O8S/c1-3-4-7-14-40-28(37)17-26-33-34-31(42-26)43-18-20-10-11-24(19(2)15-20)41-25-16-23(30(39)32-13-12-27(35)36)29(38)22-9-6-5-8-21(22)25/h5-6,8-11,15-16,38H,3-4,7,12-14,17-18H2,1-2H3,(H,32,39)(H,35,36). The summed E-state index contributed by atoms with van der Waals surface area (Å²) >= 11 is 1.34. The van der Waals surface area contributed by atoms with Gasteiger partial charge in [-0.15, -0.1) is 10.2 Å². The number of carboxylic acids is 1. The number of nitrogens with one attached hydrogen (secondary N) is 1. The Kier molecular flexibility index (Phi) is 11.0. The highest BCUT2D eigenvalue weighted by Crippen LogP contribution is 2.39. The van der Waals surface area contributed by atoms with E-state index in [9.17, 15) is 19.5 Å². The van der Waals surface area contributed by atoms with Crippen molar-refractivity contribution in [3.63, 3.8) is 0 Å². The number of rotatable bonds is 15. The average Bonchev–Trinajstić information content (AvgIpc) is 3.43. The summed E-state index contributed by atoms with van der Waals surface area (Å²) in [6.45, 7) is 4.28. The summed E-state index contributed by atoms with van der Waals surface area (Å²) in [5.41, 5.74) is 1.78. The van der Waals surface area contributed by atoms with Crippen LogP contribution in [0.25, 0.3) is 10.8 Å². The minimum atomic E-state index is -1.04. The lowest BCUT2D eigenvalue weighted by Crippen LogP contribution is -2.26. The van der Waals surface area contributed by atoms with Crippen LogP contribution in [0, 0.1) is 6.92 Å². The summed E-state index contributed by atoms with van der Waals surface area (Å²) in [4.78, 5) is 35.5. The Balaban J connectivity index is 1.41. The summed E-state index contributed by atoms with van der Waals surface area (Å²) < 4.78 is 17.0. The number of carboxylic acid groups (broad SMARTS) is 1. The van der Waals surface area contributed by atoms with E-state index in [2.05, 4.69) is 22.4 Å². The highest BCUT2D eigenvalue weighted by Gasteiger charge is 2.19. The third-order valence-electron chi connectivity index (χ3n) is 6.42. The van der Waals surface area contributed by atoms with Gasteiger partial charge in [0.1, 0.15) is 23.7 Å². The lowest BCUT2D eigenvalue weighted by Gasteiger charge is -2.15. The maximum atomic E-state index is 12.8. The topological polar surface area (TPSA) is 161 Å². The lowest BCUT2D eigenvalue weighted by molar-refractivity contribution is -0.143. The van der Waals surface area contributed by atoms with Crippen molar-refractivity contribution in [3.8, 4) is 17.2 Å². The number of ether oxygens (including phenoxy) is 2. The van der Waals surface area contributed by atoms with Gasteiger partial charge in [0, 0.05) is 23.1 Å². The smallest absolute Gasteiger partial charge is 0.315 e. The largest absolute Gasteiger partial charge is 0.506 e. The van der Waals surface area contributed by atoms with Gasteiger partial charge in [-0.3, -0.25) is 14.4 Å². The molecule has 3 aromatic carbocycles. The van der Waals surface area contributed by atoms with Crippen LogP contribution in [0.15, 0.2) is 58.2 Å². The Hall–Kier alpha value is -4.58. The van der Waals surface area contributed by atoms with E-state index in [1.165, 1.54) is 17.8 Å². The molecule has 0 spiro atoms. The summed E-state index contributed by atoms with van der Waals surface area (Å²) in [6.07, 6.45) is 2.58.